The van der Waals surface area contributed by atoms with Crippen molar-refractivity contribution in [1.82, 2.24) is 25.2 Å². The summed E-state index contributed by atoms with van der Waals surface area (Å²) in [5.41, 5.74) is 2.37. The lowest BCUT2D eigenvalue weighted by atomic mass is 10.1. The maximum absolute atomic E-state index is 13.1. The number of pyridine rings is 1. The van der Waals surface area contributed by atoms with Gasteiger partial charge in [0.2, 0.25) is 5.95 Å². The Morgan fingerprint density at radius 3 is 2.30 bits per heavy atom. The van der Waals surface area contributed by atoms with Crippen molar-refractivity contribution in [3.63, 3.8) is 0 Å². The summed E-state index contributed by atoms with van der Waals surface area (Å²) in [4.78, 5) is 29.8. The summed E-state index contributed by atoms with van der Waals surface area (Å²) >= 11 is 0. The molecule has 0 aliphatic carbocycles. The predicted molar refractivity (Wildman–Crippen MR) is 166 cm³/mol. The van der Waals surface area contributed by atoms with Gasteiger partial charge in [-0.05, 0) is 73.5 Å². The number of hydrogen-bond acceptors (Lipinski definition) is 7. The summed E-state index contributed by atoms with van der Waals surface area (Å²) in [5, 5.41) is 22.2. The van der Waals surface area contributed by atoms with E-state index in [0.717, 1.165) is 16.7 Å². The van der Waals surface area contributed by atoms with Crippen molar-refractivity contribution in [1.29, 1.82) is 0 Å². The topological polar surface area (TPSA) is 130 Å². The van der Waals surface area contributed by atoms with Gasteiger partial charge in [-0.3, -0.25) is 9.59 Å². The average molecular weight is 651 g/mol. The fourth-order valence-corrected chi connectivity index (χ4v) is 4.42. The highest BCUT2D eigenvalue weighted by Gasteiger charge is 2.30. The van der Waals surface area contributed by atoms with E-state index in [2.05, 4.69) is 26.0 Å². The molecule has 5 aromatic rings. The van der Waals surface area contributed by atoms with Gasteiger partial charge in [-0.2, -0.15) is 18.2 Å². The average Bonchev–Trinajstić information content (AvgIpc) is 3.44. The molecule has 0 aliphatic heterocycles. The molecule has 2 aromatic heterocycles. The van der Waals surface area contributed by atoms with Crippen molar-refractivity contribution in [2.75, 3.05) is 18.5 Å². The number of benzene rings is 3. The zero-order chi connectivity index (χ0) is 33.8. The molecule has 3 aromatic carbocycles. The van der Waals surface area contributed by atoms with Crippen LogP contribution in [0, 0.1) is 5.82 Å². The predicted octanol–water partition coefficient (Wildman–Crippen LogP) is 5.65. The largest absolute Gasteiger partial charge is 0.483 e. The maximum atomic E-state index is 13.1. The standard InChI is InChI=1S/C33H30F4N6O4/c1-32(2,18-44)41-30(46)26-13-12-25(15-27(26)47-19-33(35,36)37)39-31-40-28-14-9-23(17-43(28)42-31)21-5-7-22(8-6-21)29(45)38-16-20-3-10-24(34)11-4-20/h3-15,17,44H,16,18-19H2,1-2H3,(H,38,45)(H,39,42)(H,41,46). The molecule has 10 nitrogen and oxygen atoms in total. The van der Waals surface area contributed by atoms with Gasteiger partial charge in [0, 0.05) is 35.6 Å². The number of nitrogens with one attached hydrogen (secondary N) is 3. The van der Waals surface area contributed by atoms with Gasteiger partial charge in [0.05, 0.1) is 17.7 Å². The molecule has 0 aliphatic rings. The summed E-state index contributed by atoms with van der Waals surface area (Å²) in [6.07, 6.45) is -2.91. The Morgan fingerprint density at radius 2 is 1.62 bits per heavy atom. The highest BCUT2D eigenvalue weighted by Crippen LogP contribution is 2.28. The third-order valence-corrected chi connectivity index (χ3v) is 6.90. The van der Waals surface area contributed by atoms with Gasteiger partial charge in [-0.15, -0.1) is 5.10 Å². The quantitative estimate of drug-likeness (QED) is 0.136. The molecule has 47 heavy (non-hydrogen) atoms. The van der Waals surface area contributed by atoms with Crippen molar-refractivity contribution < 1.29 is 37.0 Å². The summed E-state index contributed by atoms with van der Waals surface area (Å²) in [6, 6.07) is 20.3. The van der Waals surface area contributed by atoms with Gasteiger partial charge in [-0.25, -0.2) is 8.91 Å². The van der Waals surface area contributed by atoms with E-state index in [1.165, 1.54) is 34.8 Å². The first-order valence-corrected chi connectivity index (χ1v) is 14.3. The summed E-state index contributed by atoms with van der Waals surface area (Å²) < 4.78 is 58.4. The molecule has 14 heteroatoms. The molecule has 244 valence electrons. The molecule has 5 rings (SSSR count). The second kappa shape index (κ2) is 13.5. The van der Waals surface area contributed by atoms with Crippen LogP contribution in [0.5, 0.6) is 5.75 Å². The first kappa shape index (κ1) is 32.9. The van der Waals surface area contributed by atoms with Crippen LogP contribution in [0.4, 0.5) is 29.2 Å². The molecule has 0 unspecified atom stereocenters. The zero-order valence-corrected chi connectivity index (χ0v) is 25.2. The third-order valence-electron chi connectivity index (χ3n) is 6.90. The minimum Gasteiger partial charge on any atom is -0.483 e. The molecule has 0 radical (unpaired) electrons. The Kier molecular flexibility index (Phi) is 9.42. The van der Waals surface area contributed by atoms with Gasteiger partial charge in [0.1, 0.15) is 11.6 Å². The fourth-order valence-electron chi connectivity index (χ4n) is 4.42. The van der Waals surface area contributed by atoms with Crippen LogP contribution in [0.1, 0.15) is 40.1 Å². The lowest BCUT2D eigenvalue weighted by Crippen LogP contribution is -2.46. The van der Waals surface area contributed by atoms with Crippen LogP contribution in [0.3, 0.4) is 0 Å². The van der Waals surface area contributed by atoms with Crippen molar-refractivity contribution >= 4 is 29.1 Å². The number of nitrogens with zero attached hydrogens (tertiary/aromatic N) is 3. The van der Waals surface area contributed by atoms with E-state index in [-0.39, 0.29) is 47.8 Å². The van der Waals surface area contributed by atoms with Crippen LogP contribution in [-0.4, -0.2) is 56.4 Å². The van der Waals surface area contributed by atoms with Crippen molar-refractivity contribution in [2.45, 2.75) is 32.1 Å². The smallest absolute Gasteiger partial charge is 0.422 e. The molecule has 0 atom stereocenters. The van der Waals surface area contributed by atoms with Crippen LogP contribution < -0.4 is 20.7 Å². The molecule has 0 fully saturated rings. The van der Waals surface area contributed by atoms with Crippen LogP contribution in [-0.2, 0) is 6.54 Å². The van der Waals surface area contributed by atoms with Gasteiger partial charge in [-0.1, -0.05) is 24.3 Å². The lowest BCUT2D eigenvalue weighted by molar-refractivity contribution is -0.153. The SMILES string of the molecule is CC(C)(CO)NC(=O)c1ccc(Nc2nc3ccc(-c4ccc(C(=O)NCc5ccc(F)cc5)cc4)cn3n2)cc1OCC(F)(F)F. The minimum absolute atomic E-state index is 0.135. The number of anilines is 2. The number of amides is 2. The van der Waals surface area contributed by atoms with E-state index in [9.17, 15) is 32.3 Å². The Morgan fingerprint density at radius 1 is 0.915 bits per heavy atom. The number of aliphatic hydroxyl groups is 1. The molecular weight excluding hydrogens is 620 g/mol. The van der Waals surface area contributed by atoms with Crippen LogP contribution in [0.15, 0.2) is 85.1 Å². The maximum Gasteiger partial charge on any atom is 0.422 e. The summed E-state index contributed by atoms with van der Waals surface area (Å²) in [6.45, 7) is 1.37. The first-order chi connectivity index (χ1) is 22.3. The zero-order valence-electron chi connectivity index (χ0n) is 25.2. The fraction of sp³-hybridized carbons (Fsp3) is 0.212. The number of carbonyl (C=O) groups is 2. The molecule has 0 bridgehead atoms. The third kappa shape index (κ3) is 8.61. The molecule has 2 amide bonds. The van der Waals surface area contributed by atoms with E-state index < -0.39 is 24.2 Å². The van der Waals surface area contributed by atoms with Gasteiger partial charge >= 0.3 is 6.18 Å². The van der Waals surface area contributed by atoms with E-state index in [1.807, 2.05) is 6.07 Å². The Labute approximate surface area is 266 Å². The number of aliphatic hydroxyl groups excluding tert-OH is 1. The Bertz CT molecular complexity index is 1890. The van der Waals surface area contributed by atoms with Gasteiger partial charge in [0.15, 0.2) is 12.3 Å². The second-order valence-corrected chi connectivity index (χ2v) is 11.3. The van der Waals surface area contributed by atoms with E-state index in [4.69, 9.17) is 4.74 Å². The Balaban J connectivity index is 1.30. The first-order valence-electron chi connectivity index (χ1n) is 14.3. The summed E-state index contributed by atoms with van der Waals surface area (Å²) in [5.74, 6) is -1.53. The van der Waals surface area contributed by atoms with Crippen molar-refractivity contribution in [2.24, 2.45) is 0 Å². The number of fused-ring (bicyclic) bond motifs is 1. The minimum atomic E-state index is -4.64. The molecule has 4 N–H and O–H groups in total. The number of carbonyl (C=O) groups excluding carboxylic acids is 2. The normalized spacial score (nSPS) is 11.7. The molecule has 0 spiro atoms. The number of halogens is 4. The molecule has 0 saturated heterocycles. The number of hydrogen-bond donors (Lipinski definition) is 4. The number of ether oxygens (including phenoxy) is 1. The van der Waals surface area contributed by atoms with Gasteiger partial charge < -0.3 is 25.8 Å². The van der Waals surface area contributed by atoms with E-state index in [0.29, 0.717) is 11.2 Å². The van der Waals surface area contributed by atoms with E-state index in [1.54, 1.807) is 62.5 Å². The molecular formula is C33H30F4N6O4. The van der Waals surface area contributed by atoms with E-state index >= 15 is 0 Å². The monoisotopic (exact) mass is 650 g/mol. The second-order valence-electron chi connectivity index (χ2n) is 11.3. The number of aromatic nitrogens is 3. The number of alkyl halides is 3. The molecule has 0 saturated carbocycles. The van der Waals surface area contributed by atoms with Crippen LogP contribution in [0.25, 0.3) is 16.8 Å². The van der Waals surface area contributed by atoms with Crippen LogP contribution >= 0.6 is 0 Å². The highest BCUT2D eigenvalue weighted by atomic mass is 19.4. The van der Waals surface area contributed by atoms with Crippen molar-refractivity contribution in [3.05, 3.63) is 108 Å². The van der Waals surface area contributed by atoms with Gasteiger partial charge in [0.25, 0.3) is 11.8 Å². The lowest BCUT2D eigenvalue weighted by Gasteiger charge is -2.24. The van der Waals surface area contributed by atoms with Crippen molar-refractivity contribution in [3.8, 4) is 16.9 Å². The summed E-state index contributed by atoms with van der Waals surface area (Å²) in [7, 11) is 0. The highest BCUT2D eigenvalue weighted by molar-refractivity contribution is 5.98. The van der Waals surface area contributed by atoms with Crippen LogP contribution in [0.2, 0.25) is 0 Å². The number of rotatable bonds is 11. The molecule has 2 heterocycles. The Hall–Kier alpha value is -5.50.